The largest absolute Gasteiger partial charge is 0.493 e. The van der Waals surface area contributed by atoms with Crippen molar-refractivity contribution in [2.45, 2.75) is 33.7 Å². The molecule has 20 heavy (non-hydrogen) atoms. The molecule has 5 nitrogen and oxygen atoms in total. The maximum absolute atomic E-state index is 10.9. The number of rotatable bonds is 4. The molecule has 1 amide bonds. The summed E-state index contributed by atoms with van der Waals surface area (Å²) in [6, 6.07) is 7.60. The smallest absolute Gasteiger partial charge is 0.261 e. The molecule has 0 aliphatic rings. The summed E-state index contributed by atoms with van der Waals surface area (Å²) in [5.74, 6) is 0.220. The molecule has 2 rings (SSSR count). The highest BCUT2D eigenvalue weighted by Gasteiger charge is 2.16. The van der Waals surface area contributed by atoms with E-state index in [1.807, 2.05) is 28.8 Å². The van der Waals surface area contributed by atoms with Gasteiger partial charge in [-0.2, -0.15) is 0 Å². The van der Waals surface area contributed by atoms with E-state index in [1.54, 1.807) is 0 Å². The van der Waals surface area contributed by atoms with Crippen LogP contribution in [0.25, 0.3) is 10.9 Å². The molecule has 106 valence electrons. The molecule has 0 aliphatic heterocycles. The number of aryl methyl sites for hydroxylation is 1. The van der Waals surface area contributed by atoms with Crippen molar-refractivity contribution in [3.05, 3.63) is 24.3 Å². The van der Waals surface area contributed by atoms with E-state index in [9.17, 15) is 9.90 Å². The van der Waals surface area contributed by atoms with Crippen molar-refractivity contribution in [3.63, 3.8) is 0 Å². The minimum absolute atomic E-state index is 0.0665. The molecule has 0 saturated carbocycles. The standard InChI is InChI=1S/C15H19N3O2/c1-10(2)8-9-18-13-7-5-4-6-12(13)14(15(18)20)17-16-11(3)19/h4-7,10,20H,8-9H2,1-3H3. The number of aromatic hydroxyl groups is 1. The SMILES string of the molecule is CC(=O)N=Nc1c(O)n(CCC(C)C)c2ccccc12. The zero-order valence-electron chi connectivity index (χ0n) is 12.0. The normalized spacial score (nSPS) is 11.8. The van der Waals surface area contributed by atoms with Gasteiger partial charge in [0, 0.05) is 18.9 Å². The molecular weight excluding hydrogens is 254 g/mol. The number of carbonyl (C=O) groups excluding carboxylic acids is 1. The number of para-hydroxylation sites is 1. The van der Waals surface area contributed by atoms with Crippen molar-refractivity contribution < 1.29 is 9.90 Å². The molecule has 0 aliphatic carbocycles. The first-order chi connectivity index (χ1) is 9.50. The number of azo groups is 1. The molecular formula is C15H19N3O2. The summed E-state index contributed by atoms with van der Waals surface area (Å²) in [4.78, 5) is 10.9. The first-order valence-corrected chi connectivity index (χ1v) is 6.73. The molecule has 0 saturated heterocycles. The van der Waals surface area contributed by atoms with E-state index in [4.69, 9.17) is 0 Å². The lowest BCUT2D eigenvalue weighted by atomic mass is 10.1. The molecule has 1 aromatic heterocycles. The van der Waals surface area contributed by atoms with Gasteiger partial charge in [-0.3, -0.25) is 4.79 Å². The lowest BCUT2D eigenvalue weighted by molar-refractivity contribution is -0.116. The Hall–Kier alpha value is -2.17. The van der Waals surface area contributed by atoms with E-state index < -0.39 is 0 Å². The number of aromatic nitrogens is 1. The van der Waals surface area contributed by atoms with Gasteiger partial charge in [0.1, 0.15) is 0 Å². The maximum atomic E-state index is 10.9. The molecule has 1 N–H and O–H groups in total. The zero-order valence-corrected chi connectivity index (χ0v) is 12.0. The Morgan fingerprint density at radius 2 is 2.05 bits per heavy atom. The van der Waals surface area contributed by atoms with Gasteiger partial charge < -0.3 is 9.67 Å². The van der Waals surface area contributed by atoms with Gasteiger partial charge in [0.15, 0.2) is 5.69 Å². The van der Waals surface area contributed by atoms with Crippen LogP contribution in [-0.4, -0.2) is 15.6 Å². The molecule has 1 aromatic carbocycles. The molecule has 0 radical (unpaired) electrons. The predicted octanol–water partition coefficient (Wildman–Crippen LogP) is 4.02. The summed E-state index contributed by atoms with van der Waals surface area (Å²) in [6.45, 7) is 6.32. The van der Waals surface area contributed by atoms with Crippen LogP contribution in [0.1, 0.15) is 27.2 Å². The van der Waals surface area contributed by atoms with Gasteiger partial charge in [0.05, 0.1) is 5.52 Å². The number of hydrogen-bond acceptors (Lipinski definition) is 3. The Morgan fingerprint density at radius 1 is 1.35 bits per heavy atom. The first-order valence-electron chi connectivity index (χ1n) is 6.73. The number of amides is 1. The number of nitrogens with zero attached hydrogens (tertiary/aromatic N) is 3. The van der Waals surface area contributed by atoms with E-state index >= 15 is 0 Å². The molecule has 5 heteroatoms. The number of fused-ring (bicyclic) bond motifs is 1. The van der Waals surface area contributed by atoms with E-state index in [0.717, 1.165) is 17.3 Å². The highest BCUT2D eigenvalue weighted by atomic mass is 16.3. The van der Waals surface area contributed by atoms with Crippen LogP contribution in [-0.2, 0) is 11.3 Å². The maximum Gasteiger partial charge on any atom is 0.261 e. The van der Waals surface area contributed by atoms with Gasteiger partial charge >= 0.3 is 0 Å². The molecule has 2 aromatic rings. The molecule has 0 atom stereocenters. The predicted molar refractivity (Wildman–Crippen MR) is 78.3 cm³/mol. The lowest BCUT2D eigenvalue weighted by Crippen LogP contribution is -2.00. The summed E-state index contributed by atoms with van der Waals surface area (Å²) in [5.41, 5.74) is 1.27. The summed E-state index contributed by atoms with van der Waals surface area (Å²) >= 11 is 0. The first kappa shape index (κ1) is 14.2. The van der Waals surface area contributed by atoms with Gasteiger partial charge in [-0.15, -0.1) is 10.2 Å². The number of carbonyl (C=O) groups is 1. The highest BCUT2D eigenvalue weighted by Crippen LogP contribution is 2.39. The molecule has 0 bridgehead atoms. The van der Waals surface area contributed by atoms with Crippen LogP contribution < -0.4 is 0 Å². The monoisotopic (exact) mass is 273 g/mol. The molecule has 0 fully saturated rings. The Bertz CT molecular complexity index is 656. The van der Waals surface area contributed by atoms with Crippen LogP contribution in [0.3, 0.4) is 0 Å². The van der Waals surface area contributed by atoms with Crippen LogP contribution in [0, 0.1) is 5.92 Å². The minimum Gasteiger partial charge on any atom is -0.493 e. The number of hydrogen-bond donors (Lipinski definition) is 1. The van der Waals surface area contributed by atoms with Gasteiger partial charge in [-0.25, -0.2) is 0 Å². The van der Waals surface area contributed by atoms with Gasteiger partial charge in [-0.05, 0) is 18.4 Å². The summed E-state index contributed by atoms with van der Waals surface area (Å²) in [6.07, 6.45) is 0.954. The lowest BCUT2D eigenvalue weighted by Gasteiger charge is -2.08. The van der Waals surface area contributed by atoms with Gasteiger partial charge in [0.25, 0.3) is 5.91 Å². The average molecular weight is 273 g/mol. The van der Waals surface area contributed by atoms with Gasteiger partial charge in [-0.1, -0.05) is 32.0 Å². The van der Waals surface area contributed by atoms with E-state index in [-0.39, 0.29) is 11.8 Å². The van der Waals surface area contributed by atoms with Crippen LogP contribution >= 0.6 is 0 Å². The van der Waals surface area contributed by atoms with Crippen LogP contribution in [0.5, 0.6) is 5.88 Å². The van der Waals surface area contributed by atoms with Crippen molar-refractivity contribution in [1.29, 1.82) is 0 Å². The summed E-state index contributed by atoms with van der Waals surface area (Å²) in [5, 5.41) is 18.6. The molecule has 0 unspecified atom stereocenters. The van der Waals surface area contributed by atoms with Crippen LogP contribution in [0.2, 0.25) is 0 Å². The second-order valence-corrected chi connectivity index (χ2v) is 5.24. The second-order valence-electron chi connectivity index (χ2n) is 5.24. The van der Waals surface area contributed by atoms with Crippen molar-refractivity contribution in [2.24, 2.45) is 16.1 Å². The summed E-state index contributed by atoms with van der Waals surface area (Å²) in [7, 11) is 0. The molecule has 1 heterocycles. The van der Waals surface area contributed by atoms with Gasteiger partial charge in [0.2, 0.25) is 5.88 Å². The van der Waals surface area contributed by atoms with E-state index in [0.29, 0.717) is 18.2 Å². The van der Waals surface area contributed by atoms with E-state index in [2.05, 4.69) is 24.1 Å². The third kappa shape index (κ3) is 2.87. The second kappa shape index (κ2) is 5.86. The fraction of sp³-hybridized carbons (Fsp3) is 0.400. The average Bonchev–Trinajstić information content (AvgIpc) is 2.66. The quantitative estimate of drug-likeness (QED) is 0.855. The van der Waals surface area contributed by atoms with Crippen molar-refractivity contribution in [1.82, 2.24) is 4.57 Å². The Kier molecular flexibility index (Phi) is 4.17. The highest BCUT2D eigenvalue weighted by molar-refractivity contribution is 5.95. The molecule has 0 spiro atoms. The minimum atomic E-state index is -0.386. The van der Waals surface area contributed by atoms with Crippen molar-refractivity contribution in [3.8, 4) is 5.88 Å². The Labute approximate surface area is 117 Å². The van der Waals surface area contributed by atoms with Crippen LogP contribution in [0.4, 0.5) is 5.69 Å². The van der Waals surface area contributed by atoms with Crippen LogP contribution in [0.15, 0.2) is 34.5 Å². The van der Waals surface area contributed by atoms with Crippen molar-refractivity contribution >= 4 is 22.5 Å². The Balaban J connectivity index is 2.52. The summed E-state index contributed by atoms with van der Waals surface area (Å²) < 4.78 is 1.82. The third-order valence-electron chi connectivity index (χ3n) is 3.14. The third-order valence-corrected chi connectivity index (χ3v) is 3.14. The zero-order chi connectivity index (χ0) is 14.7. The van der Waals surface area contributed by atoms with E-state index in [1.165, 1.54) is 6.92 Å². The topological polar surface area (TPSA) is 66.9 Å². The fourth-order valence-electron chi connectivity index (χ4n) is 2.10. The Morgan fingerprint density at radius 3 is 2.70 bits per heavy atom. The number of benzene rings is 1. The van der Waals surface area contributed by atoms with Crippen molar-refractivity contribution in [2.75, 3.05) is 0 Å². The fourth-order valence-corrected chi connectivity index (χ4v) is 2.10.